The van der Waals surface area contributed by atoms with Crippen molar-refractivity contribution in [1.82, 2.24) is 20.2 Å². The summed E-state index contributed by atoms with van der Waals surface area (Å²) >= 11 is 4.70. The van der Waals surface area contributed by atoms with Gasteiger partial charge in [-0.1, -0.05) is 70.2 Å². The Morgan fingerprint density at radius 1 is 1.09 bits per heavy atom. The van der Waals surface area contributed by atoms with E-state index in [1.54, 1.807) is 13.3 Å². The first kappa shape index (κ1) is 22.8. The van der Waals surface area contributed by atoms with Crippen molar-refractivity contribution in [3.05, 3.63) is 88.9 Å². The van der Waals surface area contributed by atoms with E-state index in [0.29, 0.717) is 11.0 Å². The lowest BCUT2D eigenvalue weighted by Gasteiger charge is -2.11. The smallest absolute Gasteiger partial charge is 0.250 e. The molecule has 1 heterocycles. The summed E-state index contributed by atoms with van der Waals surface area (Å²) in [6.07, 6.45) is 1.60. The minimum Gasteiger partial charge on any atom is -0.497 e. The number of nitrogens with one attached hydrogen (secondary N) is 1. The van der Waals surface area contributed by atoms with Crippen molar-refractivity contribution < 1.29 is 9.53 Å². The third-order valence-electron chi connectivity index (χ3n) is 4.58. The van der Waals surface area contributed by atoms with Gasteiger partial charge in [0, 0.05) is 15.7 Å². The molecule has 4 rings (SSSR count). The van der Waals surface area contributed by atoms with Crippen LogP contribution in [0.5, 0.6) is 5.75 Å². The number of aromatic nitrogens is 3. The molecule has 0 fully saturated rings. The van der Waals surface area contributed by atoms with Gasteiger partial charge in [-0.25, -0.2) is 5.43 Å². The van der Waals surface area contributed by atoms with Gasteiger partial charge in [0.15, 0.2) is 11.0 Å². The number of nitrogens with zero attached hydrogens (tertiary/aromatic N) is 4. The molecule has 3 aromatic carbocycles. The molecule has 1 amide bonds. The van der Waals surface area contributed by atoms with Crippen LogP contribution in [0.3, 0.4) is 0 Å². The van der Waals surface area contributed by atoms with Gasteiger partial charge in [0.25, 0.3) is 5.91 Å². The minimum absolute atomic E-state index is 0.138. The molecule has 0 spiro atoms. The number of hydrazone groups is 1. The SMILES string of the molecule is COc1ccc(-n2c(SCC(=O)N/N=C/c3cccc(Br)c3)nnc2-c2ccccc2)cc1. The summed E-state index contributed by atoms with van der Waals surface area (Å²) in [5, 5.41) is 13.4. The predicted octanol–water partition coefficient (Wildman–Crippen LogP) is 4.95. The van der Waals surface area contributed by atoms with E-state index in [-0.39, 0.29) is 11.7 Å². The Labute approximate surface area is 204 Å². The van der Waals surface area contributed by atoms with E-state index >= 15 is 0 Å². The standard InChI is InChI=1S/C24H20BrN5O2S/c1-32-21-12-10-20(11-13-21)30-23(18-7-3-2-4-8-18)28-29-24(30)33-16-22(31)27-26-15-17-6-5-9-19(25)14-17/h2-15H,16H2,1H3,(H,27,31)/b26-15+. The zero-order valence-electron chi connectivity index (χ0n) is 17.7. The van der Waals surface area contributed by atoms with Crippen LogP contribution < -0.4 is 10.2 Å². The lowest BCUT2D eigenvalue weighted by molar-refractivity contribution is -0.118. The number of carbonyl (C=O) groups is 1. The largest absolute Gasteiger partial charge is 0.497 e. The highest BCUT2D eigenvalue weighted by Crippen LogP contribution is 2.28. The van der Waals surface area contributed by atoms with Crippen molar-refractivity contribution in [3.8, 4) is 22.8 Å². The molecule has 1 N–H and O–H groups in total. The molecule has 166 valence electrons. The van der Waals surface area contributed by atoms with Crippen molar-refractivity contribution in [1.29, 1.82) is 0 Å². The Hall–Kier alpha value is -3.43. The summed E-state index contributed by atoms with van der Waals surface area (Å²) in [5.74, 6) is 1.34. The van der Waals surface area contributed by atoms with E-state index in [4.69, 9.17) is 4.74 Å². The second-order valence-electron chi connectivity index (χ2n) is 6.84. The number of rotatable bonds is 8. The summed E-state index contributed by atoms with van der Waals surface area (Å²) < 4.78 is 8.14. The zero-order valence-corrected chi connectivity index (χ0v) is 20.1. The summed E-state index contributed by atoms with van der Waals surface area (Å²) in [5.41, 5.74) is 5.23. The lowest BCUT2D eigenvalue weighted by Crippen LogP contribution is -2.20. The number of carbonyl (C=O) groups excluding carboxylic acids is 1. The van der Waals surface area contributed by atoms with E-state index in [9.17, 15) is 4.79 Å². The molecule has 0 radical (unpaired) electrons. The van der Waals surface area contributed by atoms with Gasteiger partial charge in [0.2, 0.25) is 0 Å². The first-order chi connectivity index (χ1) is 16.1. The van der Waals surface area contributed by atoms with Crippen LogP contribution in [-0.2, 0) is 4.79 Å². The number of ether oxygens (including phenoxy) is 1. The van der Waals surface area contributed by atoms with Gasteiger partial charge in [-0.15, -0.1) is 10.2 Å². The molecule has 0 bridgehead atoms. The zero-order chi connectivity index (χ0) is 23.0. The van der Waals surface area contributed by atoms with Crippen LogP contribution in [0.2, 0.25) is 0 Å². The molecule has 0 aliphatic carbocycles. The van der Waals surface area contributed by atoms with E-state index < -0.39 is 0 Å². The van der Waals surface area contributed by atoms with Gasteiger partial charge in [0.1, 0.15) is 5.75 Å². The van der Waals surface area contributed by atoms with Gasteiger partial charge in [0.05, 0.1) is 19.1 Å². The molecule has 0 saturated carbocycles. The molecular weight excluding hydrogens is 502 g/mol. The maximum Gasteiger partial charge on any atom is 0.250 e. The Bertz CT molecular complexity index is 1260. The van der Waals surface area contributed by atoms with Crippen molar-refractivity contribution in [3.63, 3.8) is 0 Å². The molecule has 4 aromatic rings. The highest BCUT2D eigenvalue weighted by Gasteiger charge is 2.17. The number of benzene rings is 3. The summed E-state index contributed by atoms with van der Waals surface area (Å²) in [6, 6.07) is 25.1. The van der Waals surface area contributed by atoms with Crippen LogP contribution in [-0.4, -0.2) is 39.7 Å². The molecule has 0 aliphatic rings. The first-order valence-electron chi connectivity index (χ1n) is 9.99. The maximum atomic E-state index is 12.4. The fourth-order valence-corrected chi connectivity index (χ4v) is 4.19. The van der Waals surface area contributed by atoms with E-state index in [2.05, 4.69) is 36.7 Å². The van der Waals surface area contributed by atoms with Crippen LogP contribution in [0.1, 0.15) is 5.56 Å². The van der Waals surface area contributed by atoms with Gasteiger partial charge in [-0.05, 0) is 42.0 Å². The normalized spacial score (nSPS) is 11.0. The molecule has 0 saturated heterocycles. The fraction of sp³-hybridized carbons (Fsp3) is 0.0833. The van der Waals surface area contributed by atoms with Crippen molar-refractivity contribution in [2.75, 3.05) is 12.9 Å². The van der Waals surface area contributed by atoms with Crippen LogP contribution in [0, 0.1) is 0 Å². The van der Waals surface area contributed by atoms with Crippen molar-refractivity contribution >= 4 is 39.8 Å². The van der Waals surface area contributed by atoms with Gasteiger partial charge in [-0.2, -0.15) is 5.10 Å². The second kappa shape index (κ2) is 10.9. The number of methoxy groups -OCH3 is 1. The Balaban J connectivity index is 1.51. The number of thioether (sulfide) groups is 1. The van der Waals surface area contributed by atoms with Crippen molar-refractivity contribution in [2.45, 2.75) is 5.16 Å². The molecule has 7 nitrogen and oxygen atoms in total. The van der Waals surface area contributed by atoms with E-state index in [1.165, 1.54) is 11.8 Å². The van der Waals surface area contributed by atoms with Gasteiger partial charge < -0.3 is 4.74 Å². The third-order valence-corrected chi connectivity index (χ3v) is 6.00. The molecule has 1 aromatic heterocycles. The second-order valence-corrected chi connectivity index (χ2v) is 8.70. The quantitative estimate of drug-likeness (QED) is 0.201. The average Bonchev–Trinajstić information content (AvgIpc) is 3.27. The van der Waals surface area contributed by atoms with Gasteiger partial charge >= 0.3 is 0 Å². The maximum absolute atomic E-state index is 12.4. The molecule has 33 heavy (non-hydrogen) atoms. The Morgan fingerprint density at radius 2 is 1.88 bits per heavy atom. The summed E-state index contributed by atoms with van der Waals surface area (Å²) in [7, 11) is 1.63. The monoisotopic (exact) mass is 521 g/mol. The van der Waals surface area contributed by atoms with Crippen LogP contribution >= 0.6 is 27.7 Å². The lowest BCUT2D eigenvalue weighted by atomic mass is 10.2. The molecular formula is C24H20BrN5O2S. The van der Waals surface area contributed by atoms with E-state index in [1.807, 2.05) is 83.4 Å². The minimum atomic E-state index is -0.239. The summed E-state index contributed by atoms with van der Waals surface area (Å²) in [6.45, 7) is 0. The molecule has 0 aliphatic heterocycles. The van der Waals surface area contributed by atoms with Gasteiger partial charge in [-0.3, -0.25) is 9.36 Å². The number of amides is 1. The highest BCUT2D eigenvalue weighted by molar-refractivity contribution is 9.10. The molecule has 9 heteroatoms. The first-order valence-corrected chi connectivity index (χ1v) is 11.8. The third kappa shape index (κ3) is 5.88. The average molecular weight is 522 g/mol. The topological polar surface area (TPSA) is 81.4 Å². The molecule has 0 atom stereocenters. The van der Waals surface area contributed by atoms with Crippen LogP contribution in [0.15, 0.2) is 93.6 Å². The predicted molar refractivity (Wildman–Crippen MR) is 134 cm³/mol. The van der Waals surface area contributed by atoms with Crippen LogP contribution in [0.25, 0.3) is 17.1 Å². The van der Waals surface area contributed by atoms with E-state index in [0.717, 1.165) is 27.0 Å². The fourth-order valence-electron chi connectivity index (χ4n) is 3.03. The van der Waals surface area contributed by atoms with Crippen LogP contribution in [0.4, 0.5) is 0 Å². The number of hydrogen-bond donors (Lipinski definition) is 1. The number of hydrogen-bond acceptors (Lipinski definition) is 6. The number of halogens is 1. The Morgan fingerprint density at radius 3 is 2.61 bits per heavy atom. The molecule has 0 unspecified atom stereocenters. The highest BCUT2D eigenvalue weighted by atomic mass is 79.9. The Kier molecular flexibility index (Phi) is 7.54. The van der Waals surface area contributed by atoms with Crippen molar-refractivity contribution in [2.24, 2.45) is 5.10 Å². The summed E-state index contributed by atoms with van der Waals surface area (Å²) in [4.78, 5) is 12.4.